The molecule has 1 aromatic carbocycles. The van der Waals surface area contributed by atoms with Gasteiger partial charge in [-0.15, -0.1) is 0 Å². The van der Waals surface area contributed by atoms with E-state index >= 15 is 0 Å². The summed E-state index contributed by atoms with van der Waals surface area (Å²) in [4.78, 5) is 115. The Morgan fingerprint density at radius 3 is 1.51 bits per heavy atom. The maximum atomic E-state index is 12.0. The van der Waals surface area contributed by atoms with Gasteiger partial charge in [0, 0.05) is 11.8 Å². The molecule has 0 aromatic heterocycles. The lowest BCUT2D eigenvalue weighted by atomic mass is 9.79. The summed E-state index contributed by atoms with van der Waals surface area (Å²) >= 11 is 0. The predicted octanol–water partition coefficient (Wildman–Crippen LogP) is 6.59. The molecule has 68 heavy (non-hydrogen) atoms. The monoisotopic (exact) mass is 967 g/mol. The van der Waals surface area contributed by atoms with Gasteiger partial charge in [-0.3, -0.25) is 33.6 Å². The molecule has 20 heteroatoms. The van der Waals surface area contributed by atoms with Crippen LogP contribution in [0.1, 0.15) is 165 Å². The number of hydrogen-bond donors (Lipinski definition) is 5. The molecule has 1 aliphatic rings. The molecule has 0 aliphatic heterocycles. The average molecular weight is 968 g/mol. The van der Waals surface area contributed by atoms with Gasteiger partial charge in [-0.25, -0.2) is 14.4 Å². The smallest absolute Gasteiger partial charge is 0.339 e. The minimum atomic E-state index is -1.39. The lowest BCUT2D eigenvalue weighted by molar-refractivity contribution is -0.159. The van der Waals surface area contributed by atoms with Crippen molar-refractivity contribution < 1.29 is 92.1 Å². The maximum absolute atomic E-state index is 12.0. The average Bonchev–Trinajstić information content (AvgIpc) is 3.29. The van der Waals surface area contributed by atoms with Crippen LogP contribution in [0.15, 0.2) is 18.2 Å². The molecule has 1 amide bonds. The molecule has 0 bridgehead atoms. The first-order valence-corrected chi connectivity index (χ1v) is 22.6. The third-order valence-corrected chi connectivity index (χ3v) is 11.8. The summed E-state index contributed by atoms with van der Waals surface area (Å²) in [5, 5.41) is 38.8. The van der Waals surface area contributed by atoms with Crippen LogP contribution in [-0.2, 0) is 57.2 Å². The highest BCUT2D eigenvalue weighted by Crippen LogP contribution is 2.31. The highest BCUT2D eigenvalue weighted by molar-refractivity contribution is 6.04. The molecule has 1 aromatic rings. The lowest BCUT2D eigenvalue weighted by Gasteiger charge is -2.26. The molecular formula is C48H73NO19. The predicted molar refractivity (Wildman–Crippen MR) is 243 cm³/mol. The largest absolute Gasteiger partial charge is 0.481 e. The van der Waals surface area contributed by atoms with Crippen LogP contribution in [0.5, 0.6) is 0 Å². The Balaban J connectivity index is 0.000000995. The number of aromatic carboxylic acids is 2. The number of esters is 5. The van der Waals surface area contributed by atoms with Gasteiger partial charge in [0.05, 0.1) is 51.3 Å². The highest BCUT2D eigenvalue weighted by atomic mass is 16.6. The van der Waals surface area contributed by atoms with Crippen molar-refractivity contribution in [1.29, 1.82) is 0 Å². The van der Waals surface area contributed by atoms with Gasteiger partial charge in [-0.05, 0) is 98.3 Å². The quantitative estimate of drug-likeness (QED) is 0.0414. The number of carbonyl (C=O) groups excluding carboxylic acids is 6. The topological polar surface area (TPSA) is 310 Å². The van der Waals surface area contributed by atoms with Crippen molar-refractivity contribution in [2.75, 3.05) is 39.6 Å². The van der Waals surface area contributed by atoms with E-state index in [0.29, 0.717) is 25.7 Å². The molecule has 0 spiro atoms. The second kappa shape index (κ2) is 29.0. The summed E-state index contributed by atoms with van der Waals surface area (Å²) in [6.07, 6.45) is 4.96. The molecule has 0 radical (unpaired) electrons. The van der Waals surface area contributed by atoms with E-state index in [4.69, 9.17) is 44.1 Å². The fourth-order valence-corrected chi connectivity index (χ4v) is 5.47. The van der Waals surface area contributed by atoms with Gasteiger partial charge < -0.3 is 49.4 Å². The Labute approximate surface area is 398 Å². The SMILES string of the molecule is CCC(C)(C)C(=O)NCCOC(=O)C1CCCCC1C(=O)O.CCC(C)(C)C(=O)OCCOC(=O)CCC(C)(C)C(=O)O.CCC(C)(C)C(=O)OCCOC(=O)c1cc(C(=O)O)ccc1C(=O)O. The number of ether oxygens (including phenoxy) is 5. The van der Waals surface area contributed by atoms with Crippen molar-refractivity contribution >= 4 is 59.6 Å². The van der Waals surface area contributed by atoms with Gasteiger partial charge in [-0.2, -0.15) is 0 Å². The Kier molecular flexibility index (Phi) is 26.4. The molecule has 384 valence electrons. The molecule has 2 unspecified atom stereocenters. The molecule has 0 saturated heterocycles. The summed E-state index contributed by atoms with van der Waals surface area (Å²) in [5.41, 5.74) is -3.61. The molecule has 2 rings (SSSR count). The molecular weight excluding hydrogens is 895 g/mol. The van der Waals surface area contributed by atoms with Crippen molar-refractivity contribution in [2.24, 2.45) is 33.5 Å². The molecule has 20 nitrogen and oxygen atoms in total. The highest BCUT2D eigenvalue weighted by Gasteiger charge is 2.37. The first kappa shape index (κ1) is 61.9. The van der Waals surface area contributed by atoms with E-state index in [1.54, 1.807) is 41.5 Å². The number of aliphatic carboxylic acids is 2. The van der Waals surface area contributed by atoms with Crippen molar-refractivity contribution in [1.82, 2.24) is 5.32 Å². The van der Waals surface area contributed by atoms with E-state index in [2.05, 4.69) is 5.32 Å². The summed E-state index contributed by atoms with van der Waals surface area (Å²) < 4.78 is 24.9. The zero-order chi connectivity index (χ0) is 52.6. The van der Waals surface area contributed by atoms with Crippen LogP contribution in [0, 0.1) is 33.5 Å². The number of hydrogen-bond acceptors (Lipinski definition) is 15. The van der Waals surface area contributed by atoms with Crippen molar-refractivity contribution in [2.45, 2.75) is 134 Å². The van der Waals surface area contributed by atoms with Crippen molar-refractivity contribution in [3.8, 4) is 0 Å². The van der Waals surface area contributed by atoms with Crippen LogP contribution in [0.25, 0.3) is 0 Å². The van der Waals surface area contributed by atoms with E-state index < -0.39 is 81.3 Å². The Hall–Kier alpha value is -6.08. The summed E-state index contributed by atoms with van der Waals surface area (Å²) in [5.74, 6) is -8.58. The molecule has 1 aliphatic carbocycles. The van der Waals surface area contributed by atoms with Crippen LogP contribution in [-0.4, -0.2) is 120 Å². The minimum absolute atomic E-state index is 0.0102. The number of carboxylic acids is 4. The van der Waals surface area contributed by atoms with Crippen molar-refractivity contribution in [3.63, 3.8) is 0 Å². The fourth-order valence-electron chi connectivity index (χ4n) is 5.47. The van der Waals surface area contributed by atoms with Gasteiger partial charge >= 0.3 is 53.7 Å². The van der Waals surface area contributed by atoms with Gasteiger partial charge in [0.1, 0.15) is 33.0 Å². The number of carbonyl (C=O) groups is 10. The van der Waals surface area contributed by atoms with Crippen LogP contribution in [0.3, 0.4) is 0 Å². The van der Waals surface area contributed by atoms with Gasteiger partial charge in [0.15, 0.2) is 0 Å². The fraction of sp³-hybridized carbons (Fsp3) is 0.667. The van der Waals surface area contributed by atoms with E-state index in [9.17, 15) is 47.9 Å². The first-order valence-electron chi connectivity index (χ1n) is 22.6. The molecule has 5 N–H and O–H groups in total. The van der Waals surface area contributed by atoms with Crippen LogP contribution in [0.4, 0.5) is 0 Å². The van der Waals surface area contributed by atoms with Crippen LogP contribution >= 0.6 is 0 Å². The van der Waals surface area contributed by atoms with Gasteiger partial charge in [-0.1, -0.05) is 47.5 Å². The van der Waals surface area contributed by atoms with E-state index in [1.807, 2.05) is 34.6 Å². The van der Waals surface area contributed by atoms with E-state index in [1.165, 1.54) is 0 Å². The third kappa shape index (κ3) is 21.7. The first-order chi connectivity index (χ1) is 31.4. The summed E-state index contributed by atoms with van der Waals surface area (Å²) in [7, 11) is 0. The van der Waals surface area contributed by atoms with Crippen molar-refractivity contribution in [3.05, 3.63) is 34.9 Å². The van der Waals surface area contributed by atoms with E-state index in [0.717, 1.165) is 37.5 Å². The number of rotatable bonds is 24. The molecule has 2 atom stereocenters. The molecule has 1 fully saturated rings. The number of benzene rings is 1. The standard InChI is InChI=1S/C17H20O8.C16H27NO5.C15H26O6/c1-4-17(2,3)16(23)25-8-7-24-15(22)12-9-10(13(18)19)5-6-11(12)14(20)21;1-4-16(2,3)15(21)17-9-10-22-14(20)12-8-6-5-7-11(12)13(18)19;1-6-14(2,3)13(19)21-10-9-20-11(16)7-8-15(4,5)12(17)18/h5-6,9H,4,7-8H2,1-3H3,(H,18,19)(H,20,21);11-12H,4-10H2,1-3H3,(H,17,21)(H,18,19);6-10H2,1-5H3,(H,17,18). The normalized spacial score (nSPS) is 14.8. The van der Waals surface area contributed by atoms with Gasteiger partial charge in [0.25, 0.3) is 0 Å². The Bertz CT molecular complexity index is 1910. The molecule has 1 saturated carbocycles. The van der Waals surface area contributed by atoms with E-state index in [-0.39, 0.29) is 81.0 Å². The zero-order valence-corrected chi connectivity index (χ0v) is 41.4. The Morgan fingerprint density at radius 1 is 0.574 bits per heavy atom. The minimum Gasteiger partial charge on any atom is -0.481 e. The van der Waals surface area contributed by atoms with Crippen LogP contribution < -0.4 is 5.32 Å². The number of carboxylic acid groups (broad SMARTS) is 4. The Morgan fingerprint density at radius 2 is 1.06 bits per heavy atom. The summed E-state index contributed by atoms with van der Waals surface area (Å²) in [6.45, 7) is 19.4. The third-order valence-electron chi connectivity index (χ3n) is 11.8. The second-order valence-electron chi connectivity index (χ2n) is 18.7. The number of amides is 1. The molecule has 0 heterocycles. The zero-order valence-electron chi connectivity index (χ0n) is 41.4. The maximum Gasteiger partial charge on any atom is 0.339 e. The second-order valence-corrected chi connectivity index (χ2v) is 18.7. The van der Waals surface area contributed by atoms with Gasteiger partial charge in [0.2, 0.25) is 5.91 Å². The van der Waals surface area contributed by atoms with Crippen LogP contribution in [0.2, 0.25) is 0 Å². The lowest BCUT2D eigenvalue weighted by Crippen LogP contribution is -2.39. The number of nitrogens with one attached hydrogen (secondary N) is 1. The summed E-state index contributed by atoms with van der Waals surface area (Å²) in [6, 6.07) is 3.03.